The van der Waals surface area contributed by atoms with Crippen LogP contribution in [0.25, 0.3) is 0 Å². The van der Waals surface area contributed by atoms with E-state index in [0.29, 0.717) is 19.3 Å². The molecule has 0 spiro atoms. The van der Waals surface area contributed by atoms with E-state index in [0.717, 1.165) is 128 Å². The monoisotopic (exact) mass is 1110 g/mol. The van der Waals surface area contributed by atoms with Crippen LogP contribution in [0.3, 0.4) is 0 Å². The maximum atomic E-state index is 12.9. The molecule has 0 aromatic rings. The maximum absolute atomic E-state index is 12.9. The molecule has 456 valence electrons. The molecule has 0 N–H and O–H groups in total. The van der Waals surface area contributed by atoms with E-state index in [-0.39, 0.29) is 31.1 Å². The molecule has 0 heterocycles. The van der Waals surface area contributed by atoms with Crippen molar-refractivity contribution in [2.24, 2.45) is 0 Å². The molecule has 0 aliphatic heterocycles. The summed E-state index contributed by atoms with van der Waals surface area (Å²) in [5, 5.41) is 0. The van der Waals surface area contributed by atoms with Gasteiger partial charge in [0.25, 0.3) is 0 Å². The Balaban J connectivity index is 4.23. The normalized spacial score (nSPS) is 12.9. The van der Waals surface area contributed by atoms with Crippen LogP contribution < -0.4 is 0 Å². The predicted molar refractivity (Wildman–Crippen MR) is 348 cm³/mol. The minimum absolute atomic E-state index is 0.0834. The summed E-state index contributed by atoms with van der Waals surface area (Å²) in [6, 6.07) is 0. The van der Waals surface area contributed by atoms with Gasteiger partial charge in [-0.2, -0.15) is 0 Å². The van der Waals surface area contributed by atoms with Crippen molar-refractivity contribution in [1.82, 2.24) is 0 Å². The molecule has 0 fully saturated rings. The maximum Gasteiger partial charge on any atom is 0.306 e. The van der Waals surface area contributed by atoms with Gasteiger partial charge in [0.2, 0.25) is 0 Å². The van der Waals surface area contributed by atoms with Gasteiger partial charge in [-0.25, -0.2) is 0 Å². The van der Waals surface area contributed by atoms with Crippen LogP contribution >= 0.6 is 0 Å². The first kappa shape index (κ1) is 75.8. The molecule has 6 heteroatoms. The van der Waals surface area contributed by atoms with Gasteiger partial charge in [0.15, 0.2) is 6.10 Å². The van der Waals surface area contributed by atoms with Gasteiger partial charge in [-0.05, 0) is 122 Å². The lowest BCUT2D eigenvalue weighted by Crippen LogP contribution is -2.30. The molecular formula is C74H124O6. The van der Waals surface area contributed by atoms with E-state index < -0.39 is 6.10 Å². The van der Waals surface area contributed by atoms with Gasteiger partial charge in [-0.1, -0.05) is 290 Å². The van der Waals surface area contributed by atoms with E-state index in [9.17, 15) is 14.4 Å². The van der Waals surface area contributed by atoms with Crippen LogP contribution in [0.4, 0.5) is 0 Å². The van der Waals surface area contributed by atoms with Crippen molar-refractivity contribution >= 4 is 17.9 Å². The van der Waals surface area contributed by atoms with Crippen LogP contribution in [0.2, 0.25) is 0 Å². The molecule has 0 aromatic heterocycles. The Bertz CT molecular complexity index is 1650. The quantitative estimate of drug-likeness (QED) is 0.0261. The van der Waals surface area contributed by atoms with Gasteiger partial charge < -0.3 is 14.2 Å². The van der Waals surface area contributed by atoms with Crippen LogP contribution in [0, 0.1) is 0 Å². The Morgan fingerprint density at radius 3 is 0.775 bits per heavy atom. The Kier molecular flexibility index (Phi) is 63.8. The third-order valence-electron chi connectivity index (χ3n) is 14.2. The summed E-state index contributed by atoms with van der Waals surface area (Å²) in [5.41, 5.74) is 0. The lowest BCUT2D eigenvalue weighted by atomic mass is 10.0. The summed E-state index contributed by atoms with van der Waals surface area (Å²) in [5.74, 6) is -0.892. The van der Waals surface area contributed by atoms with E-state index >= 15 is 0 Å². The second-order valence-corrected chi connectivity index (χ2v) is 22.0. The molecule has 0 aliphatic rings. The number of allylic oxidation sites excluding steroid dienone is 20. The molecule has 0 amide bonds. The summed E-state index contributed by atoms with van der Waals surface area (Å²) in [6.07, 6.45) is 93.6. The number of carbonyl (C=O) groups excluding carboxylic acids is 3. The van der Waals surface area contributed by atoms with Gasteiger partial charge in [0, 0.05) is 19.3 Å². The predicted octanol–water partition coefficient (Wildman–Crippen LogP) is 23.2. The van der Waals surface area contributed by atoms with E-state index in [1.54, 1.807) is 0 Å². The van der Waals surface area contributed by atoms with Crippen molar-refractivity contribution < 1.29 is 28.6 Å². The van der Waals surface area contributed by atoms with E-state index in [2.05, 4.69) is 142 Å². The fourth-order valence-electron chi connectivity index (χ4n) is 9.23. The summed E-state index contributed by atoms with van der Waals surface area (Å²) in [6.45, 7) is 6.36. The fraction of sp³-hybridized carbons (Fsp3) is 0.689. The first-order valence-corrected chi connectivity index (χ1v) is 33.5. The highest BCUT2D eigenvalue weighted by Crippen LogP contribution is 2.16. The first-order valence-electron chi connectivity index (χ1n) is 33.5. The number of ether oxygens (including phenoxy) is 3. The zero-order chi connectivity index (χ0) is 57.8. The summed E-state index contributed by atoms with van der Waals surface area (Å²) in [4.78, 5) is 38.3. The van der Waals surface area contributed by atoms with E-state index in [1.165, 1.54) is 141 Å². The van der Waals surface area contributed by atoms with Crippen molar-refractivity contribution in [3.63, 3.8) is 0 Å². The standard InChI is InChI=1S/C74H124O6/c1-4-7-10-13-16-19-22-24-26-28-30-32-34-36-37-39-40-42-44-46-48-50-52-55-58-61-64-67-73(76)79-70-71(69-78-72(75)66-63-60-57-54-21-18-15-12-9-6-3)80-74(77)68-65-62-59-56-53-51-49-47-45-43-41-38-35-33-31-29-27-25-23-20-17-14-11-8-5-2/h7-8,10-12,15-17,19-20,24-27,30-33,36-37,71H,4-6,9,13-14,18,21-23,28-29,34-35,38-70H2,1-3H3/b10-7-,11-8-,15-12-,19-16-,20-17-,26-24-,27-25-,32-30-,33-31-,37-36-. The van der Waals surface area contributed by atoms with Crippen LogP contribution in [0.15, 0.2) is 122 Å². The molecule has 0 bridgehead atoms. The number of esters is 3. The molecule has 1 unspecified atom stereocenters. The van der Waals surface area contributed by atoms with E-state index in [4.69, 9.17) is 14.2 Å². The molecule has 80 heavy (non-hydrogen) atoms. The minimum Gasteiger partial charge on any atom is -0.462 e. The number of hydrogen-bond acceptors (Lipinski definition) is 6. The van der Waals surface area contributed by atoms with Gasteiger partial charge >= 0.3 is 17.9 Å². The third kappa shape index (κ3) is 64.6. The molecule has 6 nitrogen and oxygen atoms in total. The van der Waals surface area contributed by atoms with Crippen LogP contribution in [-0.4, -0.2) is 37.2 Å². The second kappa shape index (κ2) is 67.3. The molecule has 1 atom stereocenters. The average molecular weight is 1110 g/mol. The largest absolute Gasteiger partial charge is 0.462 e. The third-order valence-corrected chi connectivity index (χ3v) is 14.2. The lowest BCUT2D eigenvalue weighted by molar-refractivity contribution is -0.167. The zero-order valence-electron chi connectivity index (χ0n) is 52.3. The zero-order valence-corrected chi connectivity index (χ0v) is 52.3. The van der Waals surface area contributed by atoms with E-state index in [1.807, 2.05) is 0 Å². The first-order chi connectivity index (χ1) is 39.5. The van der Waals surface area contributed by atoms with Gasteiger partial charge in [0.05, 0.1) is 0 Å². The molecule has 0 saturated carbocycles. The highest BCUT2D eigenvalue weighted by molar-refractivity contribution is 5.71. The highest BCUT2D eigenvalue weighted by Gasteiger charge is 2.19. The summed E-state index contributed by atoms with van der Waals surface area (Å²) in [7, 11) is 0. The van der Waals surface area contributed by atoms with Crippen molar-refractivity contribution in [2.45, 2.75) is 316 Å². The minimum atomic E-state index is -0.787. The topological polar surface area (TPSA) is 78.9 Å². The fourth-order valence-corrected chi connectivity index (χ4v) is 9.23. The highest BCUT2D eigenvalue weighted by atomic mass is 16.6. The molecule has 0 aromatic carbocycles. The van der Waals surface area contributed by atoms with Crippen molar-refractivity contribution in [1.29, 1.82) is 0 Å². The Morgan fingerprint density at radius 2 is 0.487 bits per heavy atom. The molecule has 0 rings (SSSR count). The molecular weight excluding hydrogens is 985 g/mol. The smallest absolute Gasteiger partial charge is 0.306 e. The molecule has 0 aliphatic carbocycles. The number of rotatable bonds is 60. The van der Waals surface area contributed by atoms with Crippen LogP contribution in [0.1, 0.15) is 310 Å². The molecule has 0 radical (unpaired) electrons. The summed E-state index contributed by atoms with van der Waals surface area (Å²) < 4.78 is 16.9. The molecule has 0 saturated heterocycles. The van der Waals surface area contributed by atoms with Crippen molar-refractivity contribution in [2.75, 3.05) is 13.2 Å². The second-order valence-electron chi connectivity index (χ2n) is 22.0. The Morgan fingerprint density at radius 1 is 0.263 bits per heavy atom. The number of unbranched alkanes of at least 4 members (excludes halogenated alkanes) is 29. The SMILES string of the molecule is CC/C=C\C/C=C\C/C=C\C/C=C\C/C=C\CCCCCCCCCCCCCC(=O)OCC(COC(=O)CCCCCCC/C=C\CCC)OC(=O)CCCCCCCCCCCCCC/C=C\C/C=C\C/C=C\C/C=C\CC. The lowest BCUT2D eigenvalue weighted by Gasteiger charge is -2.18. The number of carbonyl (C=O) groups is 3. The number of hydrogen-bond donors (Lipinski definition) is 0. The Hall–Kier alpha value is -4.19. The van der Waals surface area contributed by atoms with Crippen molar-refractivity contribution in [3.8, 4) is 0 Å². The van der Waals surface area contributed by atoms with Crippen LogP contribution in [0.5, 0.6) is 0 Å². The average Bonchev–Trinajstić information content (AvgIpc) is 3.46. The Labute approximate surface area is 494 Å². The summed E-state index contributed by atoms with van der Waals surface area (Å²) >= 11 is 0. The van der Waals surface area contributed by atoms with Gasteiger partial charge in [-0.3, -0.25) is 14.4 Å². The van der Waals surface area contributed by atoms with Gasteiger partial charge in [-0.15, -0.1) is 0 Å². The van der Waals surface area contributed by atoms with Crippen molar-refractivity contribution in [3.05, 3.63) is 122 Å². The van der Waals surface area contributed by atoms with Gasteiger partial charge in [0.1, 0.15) is 13.2 Å². The van der Waals surface area contributed by atoms with Crippen LogP contribution in [-0.2, 0) is 28.6 Å².